The Hall–Kier alpha value is -3.18. The molecule has 20 heavy (non-hydrogen) atoms. The van der Waals surface area contributed by atoms with Gasteiger partial charge in [0.2, 0.25) is 0 Å². The number of azo groups is 1. The lowest BCUT2D eigenvalue weighted by molar-refractivity contribution is 0.414. The molecule has 0 aliphatic carbocycles. The fraction of sp³-hybridized carbons (Fsp3) is 0.0667. The van der Waals surface area contributed by atoms with Crippen molar-refractivity contribution in [3.8, 4) is 17.9 Å². The summed E-state index contributed by atoms with van der Waals surface area (Å²) in [6, 6.07) is 15.8. The lowest BCUT2D eigenvalue weighted by Crippen LogP contribution is -1.83. The second-order valence-electron chi connectivity index (χ2n) is 3.85. The number of rotatable bonds is 3. The maximum atomic E-state index is 9.06. The third kappa shape index (κ3) is 2.98. The minimum Gasteiger partial charge on any atom is -0.497 e. The van der Waals surface area contributed by atoms with Gasteiger partial charge in [-0.1, -0.05) is 0 Å². The Labute approximate surface area is 116 Å². The number of ether oxygens (including phenoxy) is 1. The van der Waals surface area contributed by atoms with Crippen LogP contribution >= 0.6 is 0 Å². The second kappa shape index (κ2) is 6.12. The van der Waals surface area contributed by atoms with Gasteiger partial charge in [0, 0.05) is 6.07 Å². The predicted octanol–water partition coefficient (Wildman–Crippen LogP) is 3.85. The molecule has 0 unspecified atom stereocenters. The fourth-order valence-electron chi connectivity index (χ4n) is 1.53. The minimum atomic E-state index is 0.391. The molecule has 0 amide bonds. The van der Waals surface area contributed by atoms with Gasteiger partial charge in [0.05, 0.1) is 30.0 Å². The summed E-state index contributed by atoms with van der Waals surface area (Å²) in [5.41, 5.74) is 2.04. The number of benzene rings is 2. The highest BCUT2D eigenvalue weighted by molar-refractivity contribution is 5.56. The summed E-state index contributed by atoms with van der Waals surface area (Å²) >= 11 is 0. The highest BCUT2D eigenvalue weighted by atomic mass is 16.5. The smallest absolute Gasteiger partial charge is 0.120 e. The van der Waals surface area contributed by atoms with E-state index in [4.69, 9.17) is 15.3 Å². The molecule has 0 aliphatic heterocycles. The van der Waals surface area contributed by atoms with Crippen molar-refractivity contribution < 1.29 is 4.74 Å². The van der Waals surface area contributed by atoms with E-state index in [0.717, 1.165) is 0 Å². The quantitative estimate of drug-likeness (QED) is 0.787. The van der Waals surface area contributed by atoms with Crippen molar-refractivity contribution in [3.05, 3.63) is 53.6 Å². The molecule has 0 fully saturated rings. The Morgan fingerprint density at radius 3 is 2.30 bits per heavy atom. The van der Waals surface area contributed by atoms with Gasteiger partial charge in [0.1, 0.15) is 17.5 Å². The average molecular weight is 262 g/mol. The maximum Gasteiger partial charge on any atom is 0.120 e. The molecule has 0 bridgehead atoms. The topological polar surface area (TPSA) is 81.5 Å². The van der Waals surface area contributed by atoms with Crippen LogP contribution in [0.15, 0.2) is 52.7 Å². The van der Waals surface area contributed by atoms with Crippen LogP contribution in [0.3, 0.4) is 0 Å². The first kappa shape index (κ1) is 13.3. The summed E-state index contributed by atoms with van der Waals surface area (Å²) in [4.78, 5) is 0. The summed E-state index contributed by atoms with van der Waals surface area (Å²) < 4.78 is 5.05. The summed E-state index contributed by atoms with van der Waals surface area (Å²) in [6.45, 7) is 0. The zero-order valence-corrected chi connectivity index (χ0v) is 10.7. The first-order chi connectivity index (χ1) is 9.76. The number of nitrogens with zero attached hydrogens (tertiary/aromatic N) is 4. The largest absolute Gasteiger partial charge is 0.497 e. The van der Waals surface area contributed by atoms with Gasteiger partial charge in [0.25, 0.3) is 0 Å². The lowest BCUT2D eigenvalue weighted by Gasteiger charge is -2.01. The lowest BCUT2D eigenvalue weighted by atomic mass is 10.2. The van der Waals surface area contributed by atoms with Gasteiger partial charge in [-0.2, -0.15) is 15.6 Å². The zero-order chi connectivity index (χ0) is 14.4. The van der Waals surface area contributed by atoms with Gasteiger partial charge in [-0.25, -0.2) is 0 Å². The van der Waals surface area contributed by atoms with E-state index in [2.05, 4.69) is 10.2 Å². The molecule has 5 heteroatoms. The normalized spacial score (nSPS) is 9.95. The standard InChI is InChI=1S/C15H10N4O/c1-20-14-6-7-15(12(8-14)10-17)19-18-13-4-2-11(9-16)3-5-13/h2-8H,1H3. The number of nitriles is 2. The van der Waals surface area contributed by atoms with Crippen molar-refractivity contribution in [1.82, 2.24) is 0 Å². The van der Waals surface area contributed by atoms with Gasteiger partial charge in [0.15, 0.2) is 0 Å². The summed E-state index contributed by atoms with van der Waals surface area (Å²) in [7, 11) is 1.54. The SMILES string of the molecule is COc1ccc(N=Nc2ccc(C#N)cc2)c(C#N)c1. The minimum absolute atomic E-state index is 0.391. The van der Waals surface area contributed by atoms with Crippen LogP contribution in [0, 0.1) is 22.7 Å². The van der Waals surface area contributed by atoms with E-state index in [1.54, 1.807) is 42.5 Å². The van der Waals surface area contributed by atoms with E-state index in [1.807, 2.05) is 12.1 Å². The van der Waals surface area contributed by atoms with Crippen molar-refractivity contribution >= 4 is 11.4 Å². The van der Waals surface area contributed by atoms with E-state index in [-0.39, 0.29) is 0 Å². The molecule has 2 rings (SSSR count). The molecule has 0 N–H and O–H groups in total. The van der Waals surface area contributed by atoms with E-state index < -0.39 is 0 Å². The highest BCUT2D eigenvalue weighted by Crippen LogP contribution is 2.25. The Morgan fingerprint density at radius 1 is 0.950 bits per heavy atom. The van der Waals surface area contributed by atoms with Gasteiger partial charge in [-0.15, -0.1) is 5.11 Å². The number of methoxy groups -OCH3 is 1. The van der Waals surface area contributed by atoms with Crippen molar-refractivity contribution in [3.63, 3.8) is 0 Å². The molecule has 0 spiro atoms. The van der Waals surface area contributed by atoms with E-state index in [0.29, 0.717) is 28.3 Å². The number of hydrogen-bond donors (Lipinski definition) is 0. The summed E-state index contributed by atoms with van der Waals surface area (Å²) in [6.07, 6.45) is 0. The average Bonchev–Trinajstić information content (AvgIpc) is 2.53. The molecular weight excluding hydrogens is 252 g/mol. The number of hydrogen-bond acceptors (Lipinski definition) is 5. The van der Waals surface area contributed by atoms with Gasteiger partial charge in [-0.3, -0.25) is 0 Å². The van der Waals surface area contributed by atoms with Crippen LogP contribution < -0.4 is 4.74 Å². The Morgan fingerprint density at radius 2 is 1.70 bits per heavy atom. The second-order valence-corrected chi connectivity index (χ2v) is 3.85. The van der Waals surface area contributed by atoms with Crippen LogP contribution in [0.2, 0.25) is 0 Å². The molecule has 0 heterocycles. The maximum absolute atomic E-state index is 9.06. The van der Waals surface area contributed by atoms with Crippen molar-refractivity contribution in [2.45, 2.75) is 0 Å². The van der Waals surface area contributed by atoms with E-state index >= 15 is 0 Å². The molecule has 5 nitrogen and oxygen atoms in total. The van der Waals surface area contributed by atoms with Crippen LogP contribution in [0.25, 0.3) is 0 Å². The van der Waals surface area contributed by atoms with Gasteiger partial charge >= 0.3 is 0 Å². The van der Waals surface area contributed by atoms with Crippen LogP contribution in [0.5, 0.6) is 5.75 Å². The third-order valence-electron chi connectivity index (χ3n) is 2.59. The Kier molecular flexibility index (Phi) is 4.06. The molecule has 0 radical (unpaired) electrons. The molecule has 0 aromatic heterocycles. The van der Waals surface area contributed by atoms with Crippen LogP contribution in [-0.4, -0.2) is 7.11 Å². The first-order valence-electron chi connectivity index (χ1n) is 5.77. The van der Waals surface area contributed by atoms with E-state index in [9.17, 15) is 0 Å². The molecule has 2 aromatic carbocycles. The molecule has 0 saturated heterocycles. The van der Waals surface area contributed by atoms with Gasteiger partial charge < -0.3 is 4.74 Å². The zero-order valence-electron chi connectivity index (χ0n) is 10.7. The van der Waals surface area contributed by atoms with Crippen molar-refractivity contribution in [2.75, 3.05) is 7.11 Å². The molecule has 96 valence electrons. The van der Waals surface area contributed by atoms with Crippen LogP contribution in [0.4, 0.5) is 11.4 Å². The molecule has 2 aromatic rings. The first-order valence-corrected chi connectivity index (χ1v) is 5.77. The molecule has 0 aliphatic rings. The summed E-state index contributed by atoms with van der Waals surface area (Å²) in [5.74, 6) is 0.596. The monoisotopic (exact) mass is 262 g/mol. The third-order valence-corrected chi connectivity index (χ3v) is 2.59. The molecule has 0 saturated carbocycles. The predicted molar refractivity (Wildman–Crippen MR) is 73.0 cm³/mol. The molecular formula is C15H10N4O. The van der Waals surface area contributed by atoms with Gasteiger partial charge in [-0.05, 0) is 36.4 Å². The highest BCUT2D eigenvalue weighted by Gasteiger charge is 2.03. The fourth-order valence-corrected chi connectivity index (χ4v) is 1.53. The van der Waals surface area contributed by atoms with E-state index in [1.165, 1.54) is 7.11 Å². The van der Waals surface area contributed by atoms with Crippen LogP contribution in [-0.2, 0) is 0 Å². The Balaban J connectivity index is 2.27. The Bertz CT molecular complexity index is 721. The van der Waals surface area contributed by atoms with Crippen LogP contribution in [0.1, 0.15) is 11.1 Å². The van der Waals surface area contributed by atoms with Crippen molar-refractivity contribution in [2.24, 2.45) is 10.2 Å². The van der Waals surface area contributed by atoms with Crippen molar-refractivity contribution in [1.29, 1.82) is 10.5 Å². The summed E-state index contributed by atoms with van der Waals surface area (Å²) in [5, 5.41) is 25.8. The molecule has 0 atom stereocenters.